The van der Waals surface area contributed by atoms with Crippen molar-refractivity contribution in [3.63, 3.8) is 0 Å². The molecule has 3 rings (SSSR count). The molecule has 27 heavy (non-hydrogen) atoms. The van der Waals surface area contributed by atoms with Crippen LogP contribution in [-0.4, -0.2) is 47.4 Å². The number of carbonyl (C=O) groups is 2. The molecule has 2 aliphatic heterocycles. The van der Waals surface area contributed by atoms with Crippen molar-refractivity contribution in [2.45, 2.75) is 44.3 Å². The third kappa shape index (κ3) is 4.97. The number of amides is 2. The second kappa shape index (κ2) is 8.24. The van der Waals surface area contributed by atoms with Crippen molar-refractivity contribution < 1.29 is 22.8 Å². The Bertz CT molecular complexity index is 676. The summed E-state index contributed by atoms with van der Waals surface area (Å²) in [6.07, 6.45) is 1.95. The summed E-state index contributed by atoms with van der Waals surface area (Å²) in [6.45, 7) is 2.62. The molecule has 6 nitrogen and oxygen atoms in total. The molecule has 3 heterocycles. The number of halogens is 3. The Morgan fingerprint density at radius 3 is 2.59 bits per heavy atom. The minimum absolute atomic E-state index is 0.0410. The maximum Gasteiger partial charge on any atom is 0.433 e. The minimum Gasteiger partial charge on any atom is -0.347 e. The number of carbonyl (C=O) groups excluding carboxylic acids is 2. The summed E-state index contributed by atoms with van der Waals surface area (Å²) in [6, 6.07) is 2.28. The highest BCUT2D eigenvalue weighted by atomic mass is 19.4. The van der Waals surface area contributed by atoms with Crippen molar-refractivity contribution in [2.75, 3.05) is 25.0 Å². The lowest BCUT2D eigenvalue weighted by Crippen LogP contribution is -2.51. The second-order valence-corrected chi connectivity index (χ2v) is 7.10. The first-order valence-electron chi connectivity index (χ1n) is 9.21. The first-order valence-corrected chi connectivity index (χ1v) is 9.21. The van der Waals surface area contributed by atoms with Gasteiger partial charge in [0.1, 0.15) is 5.69 Å². The smallest absolute Gasteiger partial charge is 0.347 e. The fraction of sp³-hybridized carbons (Fsp3) is 0.611. The van der Waals surface area contributed by atoms with E-state index >= 15 is 0 Å². The molecule has 2 aliphatic rings. The van der Waals surface area contributed by atoms with Crippen LogP contribution in [0.3, 0.4) is 0 Å². The van der Waals surface area contributed by atoms with Gasteiger partial charge in [0.2, 0.25) is 0 Å². The number of fused-ring (bicyclic) bond motifs is 1. The maximum atomic E-state index is 12.5. The highest BCUT2D eigenvalue weighted by molar-refractivity contribution is 6.39. The van der Waals surface area contributed by atoms with E-state index in [1.807, 2.05) is 0 Å². The molecule has 2 atom stereocenters. The Hall–Kier alpha value is -2.16. The van der Waals surface area contributed by atoms with Gasteiger partial charge in [-0.2, -0.15) is 13.2 Å². The number of pyridine rings is 1. The van der Waals surface area contributed by atoms with E-state index in [1.54, 1.807) is 0 Å². The molecular formula is C18H23F3N4O2. The van der Waals surface area contributed by atoms with Crippen molar-refractivity contribution in [1.82, 2.24) is 15.2 Å². The molecule has 0 saturated carbocycles. The number of nitrogens with zero attached hydrogens (tertiary/aromatic N) is 2. The van der Waals surface area contributed by atoms with Gasteiger partial charge in [-0.15, -0.1) is 0 Å². The van der Waals surface area contributed by atoms with Crippen LogP contribution in [0.15, 0.2) is 18.3 Å². The quantitative estimate of drug-likeness (QED) is 0.785. The molecule has 0 aromatic carbocycles. The topological polar surface area (TPSA) is 74.3 Å². The predicted molar refractivity (Wildman–Crippen MR) is 92.8 cm³/mol. The van der Waals surface area contributed by atoms with Crippen LogP contribution in [0.4, 0.5) is 18.9 Å². The zero-order chi connectivity index (χ0) is 19.4. The Labute approximate surface area is 155 Å². The van der Waals surface area contributed by atoms with Crippen LogP contribution in [0.2, 0.25) is 0 Å². The van der Waals surface area contributed by atoms with Gasteiger partial charge in [-0.05, 0) is 56.8 Å². The lowest BCUT2D eigenvalue weighted by Gasteiger charge is -2.44. The predicted octanol–water partition coefficient (Wildman–Crippen LogP) is 2.42. The summed E-state index contributed by atoms with van der Waals surface area (Å²) in [4.78, 5) is 29.7. The summed E-state index contributed by atoms with van der Waals surface area (Å²) in [5.41, 5.74) is -1.02. The third-order valence-corrected chi connectivity index (χ3v) is 5.27. The Balaban J connectivity index is 1.49. The average Bonchev–Trinajstić information content (AvgIpc) is 2.65. The summed E-state index contributed by atoms with van der Waals surface area (Å²) in [5, 5.41) is 4.94. The van der Waals surface area contributed by atoms with E-state index in [4.69, 9.17) is 0 Å². The van der Waals surface area contributed by atoms with Gasteiger partial charge in [0.05, 0.1) is 11.9 Å². The van der Waals surface area contributed by atoms with E-state index in [0.29, 0.717) is 18.5 Å². The van der Waals surface area contributed by atoms with Gasteiger partial charge >= 0.3 is 18.0 Å². The standard InChI is InChI=1S/C18H23F3N4O2/c19-18(20,21)15-7-6-13(11-22-15)24-17(27)16(26)23-10-12-4-3-9-25-8-2-1-5-14(12)25/h6-7,11-12,14H,1-5,8-10H2,(H,23,26)(H,24,27)/t12-,14+/m0/s1. The maximum absolute atomic E-state index is 12.5. The minimum atomic E-state index is -4.55. The van der Waals surface area contributed by atoms with E-state index in [2.05, 4.69) is 20.5 Å². The zero-order valence-corrected chi connectivity index (χ0v) is 14.9. The average molecular weight is 384 g/mol. The van der Waals surface area contributed by atoms with Crippen LogP contribution >= 0.6 is 0 Å². The van der Waals surface area contributed by atoms with Crippen LogP contribution in [-0.2, 0) is 15.8 Å². The molecule has 1 aromatic heterocycles. The molecule has 0 aliphatic carbocycles. The van der Waals surface area contributed by atoms with Crippen molar-refractivity contribution in [1.29, 1.82) is 0 Å². The molecular weight excluding hydrogens is 361 g/mol. The van der Waals surface area contributed by atoms with Crippen molar-refractivity contribution in [3.8, 4) is 0 Å². The summed E-state index contributed by atoms with van der Waals surface area (Å²) in [5.74, 6) is -1.38. The summed E-state index contributed by atoms with van der Waals surface area (Å²) in [7, 11) is 0. The lowest BCUT2D eigenvalue weighted by molar-refractivity contribution is -0.141. The number of hydrogen-bond donors (Lipinski definition) is 2. The van der Waals surface area contributed by atoms with Crippen LogP contribution < -0.4 is 10.6 Å². The molecule has 0 bridgehead atoms. The first-order chi connectivity index (χ1) is 12.8. The van der Waals surface area contributed by atoms with Gasteiger partial charge in [-0.25, -0.2) is 4.98 Å². The molecule has 2 fully saturated rings. The molecule has 2 N–H and O–H groups in total. The Morgan fingerprint density at radius 2 is 1.89 bits per heavy atom. The normalized spacial score (nSPS) is 23.4. The number of alkyl halides is 3. The van der Waals surface area contributed by atoms with Crippen LogP contribution in [0.25, 0.3) is 0 Å². The number of anilines is 1. The van der Waals surface area contributed by atoms with E-state index < -0.39 is 23.7 Å². The number of piperidine rings is 2. The van der Waals surface area contributed by atoms with Gasteiger partial charge in [0.15, 0.2) is 0 Å². The SMILES string of the molecule is O=C(NC[C@@H]1CCCN2CCCC[C@H]12)C(=O)Nc1ccc(C(F)(F)F)nc1. The van der Waals surface area contributed by atoms with Gasteiger partial charge in [0, 0.05) is 12.6 Å². The summed E-state index contributed by atoms with van der Waals surface area (Å²) < 4.78 is 37.5. The highest BCUT2D eigenvalue weighted by Crippen LogP contribution is 2.30. The van der Waals surface area contributed by atoms with Crippen molar-refractivity contribution in [2.24, 2.45) is 5.92 Å². The van der Waals surface area contributed by atoms with Crippen molar-refractivity contribution in [3.05, 3.63) is 24.0 Å². The fourth-order valence-corrected chi connectivity index (χ4v) is 3.94. The number of hydrogen-bond acceptors (Lipinski definition) is 4. The number of aromatic nitrogens is 1. The molecule has 9 heteroatoms. The van der Waals surface area contributed by atoms with Gasteiger partial charge in [-0.3, -0.25) is 9.59 Å². The lowest BCUT2D eigenvalue weighted by atomic mass is 9.83. The molecule has 0 spiro atoms. The molecule has 148 valence electrons. The molecule has 0 radical (unpaired) electrons. The highest BCUT2D eigenvalue weighted by Gasteiger charge is 2.34. The monoisotopic (exact) mass is 384 g/mol. The van der Waals surface area contributed by atoms with Crippen LogP contribution in [0, 0.1) is 5.92 Å². The van der Waals surface area contributed by atoms with Crippen LogP contribution in [0.1, 0.15) is 37.8 Å². The third-order valence-electron chi connectivity index (χ3n) is 5.27. The van der Waals surface area contributed by atoms with E-state index in [9.17, 15) is 22.8 Å². The molecule has 2 saturated heterocycles. The Morgan fingerprint density at radius 1 is 1.11 bits per heavy atom. The van der Waals surface area contributed by atoms with E-state index in [-0.39, 0.29) is 5.69 Å². The molecule has 0 unspecified atom stereocenters. The van der Waals surface area contributed by atoms with Gasteiger partial charge in [-0.1, -0.05) is 6.42 Å². The molecule has 2 amide bonds. The summed E-state index contributed by atoms with van der Waals surface area (Å²) >= 11 is 0. The number of rotatable bonds is 3. The van der Waals surface area contributed by atoms with Crippen molar-refractivity contribution >= 4 is 17.5 Å². The number of nitrogens with one attached hydrogen (secondary N) is 2. The van der Waals surface area contributed by atoms with Gasteiger partial charge < -0.3 is 15.5 Å². The fourth-order valence-electron chi connectivity index (χ4n) is 3.94. The Kier molecular flexibility index (Phi) is 5.98. The molecule has 1 aromatic rings. The van der Waals surface area contributed by atoms with Crippen LogP contribution in [0.5, 0.6) is 0 Å². The van der Waals surface area contributed by atoms with E-state index in [1.165, 1.54) is 12.8 Å². The largest absolute Gasteiger partial charge is 0.433 e. The first kappa shape index (κ1) is 19.6. The second-order valence-electron chi connectivity index (χ2n) is 7.10. The van der Waals surface area contributed by atoms with E-state index in [0.717, 1.165) is 50.7 Å². The zero-order valence-electron chi connectivity index (χ0n) is 14.9. The van der Waals surface area contributed by atoms with Gasteiger partial charge in [0.25, 0.3) is 0 Å².